The van der Waals surface area contributed by atoms with E-state index >= 15 is 0 Å². The molecule has 3 N–H and O–H groups in total. The zero-order valence-corrected chi connectivity index (χ0v) is 15.5. The zero-order valence-electron chi connectivity index (χ0n) is 15.5. The summed E-state index contributed by atoms with van der Waals surface area (Å²) in [5, 5.41) is 17.4. The largest absolute Gasteiger partial charge is 0.482 e. The SMILES string of the molecule is CC1Oc2cc(cnc2N)-c2c(nn(C)c2C#N)CCNc2ccc(F)cc21. The molecule has 0 aliphatic carbocycles. The Kier molecular flexibility index (Phi) is 4.35. The van der Waals surface area contributed by atoms with Gasteiger partial charge in [0, 0.05) is 48.6 Å². The van der Waals surface area contributed by atoms with Crippen molar-refractivity contribution >= 4 is 11.5 Å². The maximum atomic E-state index is 13.8. The van der Waals surface area contributed by atoms with Crippen LogP contribution in [0.15, 0.2) is 30.5 Å². The molecule has 1 atom stereocenters. The molecule has 4 rings (SSSR count). The van der Waals surface area contributed by atoms with Crippen LogP contribution >= 0.6 is 0 Å². The number of nitrogens with zero attached hydrogens (tertiary/aromatic N) is 4. The van der Waals surface area contributed by atoms with Crippen LogP contribution in [0, 0.1) is 17.1 Å². The monoisotopic (exact) mass is 378 g/mol. The van der Waals surface area contributed by atoms with Crippen molar-refractivity contribution in [2.24, 2.45) is 7.05 Å². The first-order chi connectivity index (χ1) is 13.5. The van der Waals surface area contributed by atoms with Crippen molar-refractivity contribution in [2.45, 2.75) is 19.4 Å². The van der Waals surface area contributed by atoms with E-state index in [1.54, 1.807) is 30.1 Å². The van der Waals surface area contributed by atoms with Gasteiger partial charge in [-0.1, -0.05) is 0 Å². The van der Waals surface area contributed by atoms with Gasteiger partial charge in [0.25, 0.3) is 0 Å². The summed E-state index contributed by atoms with van der Waals surface area (Å²) in [6, 6.07) is 8.51. The number of benzene rings is 1. The normalized spacial score (nSPS) is 15.7. The van der Waals surface area contributed by atoms with Crippen LogP contribution in [-0.2, 0) is 13.5 Å². The molecule has 28 heavy (non-hydrogen) atoms. The van der Waals surface area contributed by atoms with Crippen molar-refractivity contribution in [2.75, 3.05) is 17.6 Å². The van der Waals surface area contributed by atoms with Crippen molar-refractivity contribution < 1.29 is 9.13 Å². The third kappa shape index (κ3) is 3.01. The Hall–Kier alpha value is -3.60. The second-order valence-electron chi connectivity index (χ2n) is 6.68. The van der Waals surface area contributed by atoms with E-state index in [0.29, 0.717) is 35.5 Å². The number of nitrogens with one attached hydrogen (secondary N) is 1. The lowest BCUT2D eigenvalue weighted by Crippen LogP contribution is -2.13. The van der Waals surface area contributed by atoms with Gasteiger partial charge < -0.3 is 15.8 Å². The lowest BCUT2D eigenvalue weighted by atomic mass is 10.0. The van der Waals surface area contributed by atoms with E-state index in [-0.39, 0.29) is 11.6 Å². The van der Waals surface area contributed by atoms with Crippen LogP contribution < -0.4 is 15.8 Å². The van der Waals surface area contributed by atoms with Gasteiger partial charge >= 0.3 is 0 Å². The van der Waals surface area contributed by atoms with Gasteiger partial charge in [-0.3, -0.25) is 4.68 Å². The third-order valence-electron chi connectivity index (χ3n) is 4.83. The van der Waals surface area contributed by atoms with Crippen molar-refractivity contribution in [1.29, 1.82) is 5.26 Å². The summed E-state index contributed by atoms with van der Waals surface area (Å²) in [7, 11) is 1.74. The predicted molar refractivity (Wildman–Crippen MR) is 103 cm³/mol. The van der Waals surface area contributed by atoms with Gasteiger partial charge in [-0.25, -0.2) is 9.37 Å². The molecule has 1 aliphatic rings. The second kappa shape index (κ2) is 6.85. The van der Waals surface area contributed by atoms with Crippen LogP contribution in [0.4, 0.5) is 15.9 Å². The number of nitrogens with two attached hydrogens (primary N) is 1. The van der Waals surface area contributed by atoms with Crippen LogP contribution in [0.25, 0.3) is 11.1 Å². The van der Waals surface area contributed by atoms with Crippen molar-refractivity contribution in [3.8, 4) is 22.9 Å². The molecule has 0 spiro atoms. The summed E-state index contributed by atoms with van der Waals surface area (Å²) in [6.45, 7) is 2.39. The lowest BCUT2D eigenvalue weighted by Gasteiger charge is -2.21. The molecule has 3 heterocycles. The van der Waals surface area contributed by atoms with E-state index in [1.807, 2.05) is 6.92 Å². The molecule has 2 aromatic heterocycles. The average molecular weight is 378 g/mol. The number of pyridine rings is 1. The predicted octanol–water partition coefficient (Wildman–Crippen LogP) is 3.18. The minimum Gasteiger partial charge on any atom is -0.482 e. The van der Waals surface area contributed by atoms with Crippen LogP contribution in [0.3, 0.4) is 0 Å². The Morgan fingerprint density at radius 3 is 3.00 bits per heavy atom. The molecule has 8 heteroatoms. The molecule has 7 nitrogen and oxygen atoms in total. The number of fused-ring (bicyclic) bond motifs is 5. The Balaban J connectivity index is 1.90. The molecule has 0 saturated carbocycles. The smallest absolute Gasteiger partial charge is 0.166 e. The van der Waals surface area contributed by atoms with Crippen LogP contribution in [0.2, 0.25) is 0 Å². The second-order valence-corrected chi connectivity index (χ2v) is 6.68. The van der Waals surface area contributed by atoms with E-state index in [0.717, 1.165) is 16.9 Å². The third-order valence-corrected chi connectivity index (χ3v) is 4.83. The molecule has 0 amide bonds. The number of rotatable bonds is 0. The molecule has 0 fully saturated rings. The van der Waals surface area contributed by atoms with Gasteiger partial charge in [-0.2, -0.15) is 10.4 Å². The first-order valence-corrected chi connectivity index (χ1v) is 8.89. The molecule has 142 valence electrons. The van der Waals surface area contributed by atoms with Gasteiger partial charge in [0.1, 0.15) is 23.7 Å². The Labute approximate surface area is 161 Å². The number of aryl methyl sites for hydroxylation is 1. The molecule has 0 radical (unpaired) electrons. The summed E-state index contributed by atoms with van der Waals surface area (Å²) < 4.78 is 21.4. The number of halogens is 1. The van der Waals surface area contributed by atoms with Gasteiger partial charge in [0.15, 0.2) is 11.6 Å². The maximum Gasteiger partial charge on any atom is 0.166 e. The fraction of sp³-hybridized carbons (Fsp3) is 0.250. The Morgan fingerprint density at radius 1 is 1.39 bits per heavy atom. The number of hydrogen-bond acceptors (Lipinski definition) is 6. The highest BCUT2D eigenvalue weighted by Gasteiger charge is 2.22. The fourth-order valence-corrected chi connectivity index (χ4v) is 3.47. The zero-order chi connectivity index (χ0) is 19.8. The van der Waals surface area contributed by atoms with Crippen LogP contribution in [0.5, 0.6) is 5.75 Å². The molecule has 1 aromatic carbocycles. The van der Waals surface area contributed by atoms with Crippen LogP contribution in [-0.4, -0.2) is 21.3 Å². The number of hydrogen-bond donors (Lipinski definition) is 2. The Morgan fingerprint density at radius 2 is 2.21 bits per heavy atom. The highest BCUT2D eigenvalue weighted by molar-refractivity contribution is 5.74. The molecule has 3 aromatic rings. The fourth-order valence-electron chi connectivity index (χ4n) is 3.47. The molecular weight excluding hydrogens is 359 g/mol. The Bertz CT molecular complexity index is 1100. The number of nitrogen functional groups attached to an aromatic ring is 1. The number of nitriles is 1. The van der Waals surface area contributed by atoms with Crippen LogP contribution in [0.1, 0.15) is 30.0 Å². The van der Waals surface area contributed by atoms with Gasteiger partial charge in [-0.15, -0.1) is 0 Å². The quantitative estimate of drug-likeness (QED) is 0.623. The summed E-state index contributed by atoms with van der Waals surface area (Å²) >= 11 is 0. The van der Waals surface area contributed by atoms with Gasteiger partial charge in [-0.05, 0) is 31.2 Å². The lowest BCUT2D eigenvalue weighted by molar-refractivity contribution is 0.228. The van der Waals surface area contributed by atoms with E-state index in [2.05, 4.69) is 21.5 Å². The van der Waals surface area contributed by atoms with E-state index in [1.165, 1.54) is 12.1 Å². The molecular formula is C20H19FN6O. The van der Waals surface area contributed by atoms with E-state index in [9.17, 15) is 9.65 Å². The standard InChI is InChI=1S/C20H19FN6O/c1-11-14-8-13(21)3-4-15(14)24-6-5-16-19(17(9-22)27(2)26-16)12-7-18(28-11)20(23)25-10-12/h3-4,7-8,10-11,24H,5-6H2,1-2H3,(H2,23,25). The maximum absolute atomic E-state index is 13.8. The highest BCUT2D eigenvalue weighted by Crippen LogP contribution is 2.35. The first-order valence-electron chi connectivity index (χ1n) is 8.89. The first kappa shape index (κ1) is 17.8. The summed E-state index contributed by atoms with van der Waals surface area (Å²) in [4.78, 5) is 4.24. The van der Waals surface area contributed by atoms with E-state index in [4.69, 9.17) is 10.5 Å². The van der Waals surface area contributed by atoms with Crippen molar-refractivity contribution in [1.82, 2.24) is 14.8 Å². The molecule has 1 aliphatic heterocycles. The number of anilines is 2. The summed E-state index contributed by atoms with van der Waals surface area (Å²) in [5.41, 5.74) is 10.1. The topological polar surface area (TPSA) is 102 Å². The average Bonchev–Trinajstić information content (AvgIpc) is 2.99. The van der Waals surface area contributed by atoms with E-state index < -0.39 is 6.10 Å². The van der Waals surface area contributed by atoms with Gasteiger partial charge in [0.2, 0.25) is 0 Å². The minimum absolute atomic E-state index is 0.225. The number of aromatic nitrogens is 3. The summed E-state index contributed by atoms with van der Waals surface area (Å²) in [6.07, 6.45) is 1.73. The molecule has 0 saturated heterocycles. The minimum atomic E-state index is -0.458. The summed E-state index contributed by atoms with van der Waals surface area (Å²) in [5.74, 6) is 0.260. The van der Waals surface area contributed by atoms with Crippen molar-refractivity contribution in [3.63, 3.8) is 0 Å². The number of ether oxygens (including phenoxy) is 1. The highest BCUT2D eigenvalue weighted by atomic mass is 19.1. The molecule has 2 bridgehead atoms. The van der Waals surface area contributed by atoms with Gasteiger partial charge in [0.05, 0.1) is 5.69 Å². The molecule has 1 unspecified atom stereocenters. The van der Waals surface area contributed by atoms with Crippen molar-refractivity contribution in [3.05, 3.63) is 53.2 Å².